The Balaban J connectivity index is 2.15. The van der Waals surface area contributed by atoms with Gasteiger partial charge in [0.25, 0.3) is 0 Å². The Kier molecular flexibility index (Phi) is 5.12. The van der Waals surface area contributed by atoms with Crippen molar-refractivity contribution >= 4 is 22.4 Å². The maximum atomic E-state index is 13.1. The third kappa shape index (κ3) is 3.24. The van der Waals surface area contributed by atoms with E-state index in [9.17, 15) is 18.0 Å². The normalized spacial score (nSPS) is 16.8. The Morgan fingerprint density at radius 1 is 1.23 bits per heavy atom. The number of benzene rings is 2. The van der Waals surface area contributed by atoms with Gasteiger partial charge in [0.15, 0.2) is 0 Å². The van der Waals surface area contributed by atoms with E-state index in [1.165, 1.54) is 0 Å². The molecule has 0 saturated heterocycles. The molecule has 140 valence electrons. The number of hydrogen-bond donors (Lipinski definition) is 0. The van der Waals surface area contributed by atoms with Gasteiger partial charge >= 0.3 is 12.1 Å². The van der Waals surface area contributed by atoms with Gasteiger partial charge in [0, 0.05) is 23.9 Å². The zero-order valence-corrected chi connectivity index (χ0v) is 14.9. The predicted molar refractivity (Wildman–Crippen MR) is 95.8 cm³/mol. The molecule has 3 rings (SSSR count). The molecule has 1 aliphatic rings. The van der Waals surface area contributed by atoms with E-state index in [0.717, 1.165) is 34.1 Å². The number of halogens is 3. The van der Waals surface area contributed by atoms with Crippen LogP contribution in [0.1, 0.15) is 44.6 Å². The van der Waals surface area contributed by atoms with Crippen LogP contribution in [0.15, 0.2) is 30.3 Å². The van der Waals surface area contributed by atoms with Crippen molar-refractivity contribution in [1.29, 1.82) is 0 Å². The van der Waals surface area contributed by atoms with Gasteiger partial charge in [-0.2, -0.15) is 13.2 Å². The van der Waals surface area contributed by atoms with Crippen molar-refractivity contribution in [2.24, 2.45) is 0 Å². The van der Waals surface area contributed by atoms with Gasteiger partial charge in [-0.1, -0.05) is 44.5 Å². The molecule has 0 bridgehead atoms. The number of hydrogen-bond acceptors (Lipinski definition) is 2. The first-order valence-corrected chi connectivity index (χ1v) is 8.95. The van der Waals surface area contributed by atoms with Gasteiger partial charge < -0.3 is 9.64 Å². The second-order valence-electron chi connectivity index (χ2n) is 6.57. The fraction of sp³-hybridized carbons (Fsp3) is 0.450. The first kappa shape index (κ1) is 18.5. The van der Waals surface area contributed by atoms with E-state index in [4.69, 9.17) is 4.74 Å². The standard InChI is InChI=1S/C20H22F3NO2/c1-3-5-10-26-17-11-16-18(15-9-7-6-8-14(15)17)13(4-2)12-24(16)19(25)20(21,22)23/h6-9,11,13H,3-5,10,12H2,1-2H3/t13-/m1/s1. The second kappa shape index (κ2) is 7.17. The number of unbranched alkanes of at least 4 members (excludes halogenated alkanes) is 1. The van der Waals surface area contributed by atoms with E-state index in [2.05, 4.69) is 0 Å². The summed E-state index contributed by atoms with van der Waals surface area (Å²) in [7, 11) is 0. The van der Waals surface area contributed by atoms with Crippen LogP contribution in [0.3, 0.4) is 0 Å². The van der Waals surface area contributed by atoms with Gasteiger partial charge in [0.2, 0.25) is 0 Å². The monoisotopic (exact) mass is 365 g/mol. The third-order valence-corrected chi connectivity index (χ3v) is 4.86. The molecule has 0 unspecified atom stereocenters. The quantitative estimate of drug-likeness (QED) is 0.662. The zero-order valence-electron chi connectivity index (χ0n) is 14.9. The Hall–Kier alpha value is -2.24. The average molecular weight is 365 g/mol. The molecule has 0 N–H and O–H groups in total. The minimum absolute atomic E-state index is 0.0482. The summed E-state index contributed by atoms with van der Waals surface area (Å²) in [6.45, 7) is 4.51. The average Bonchev–Trinajstić information content (AvgIpc) is 2.99. The maximum absolute atomic E-state index is 13.1. The summed E-state index contributed by atoms with van der Waals surface area (Å²) in [6, 6.07) is 9.16. The van der Waals surface area contributed by atoms with Crippen LogP contribution in [0.2, 0.25) is 0 Å². The van der Waals surface area contributed by atoms with Crippen molar-refractivity contribution in [1.82, 2.24) is 0 Å². The summed E-state index contributed by atoms with van der Waals surface area (Å²) < 4.78 is 45.0. The van der Waals surface area contributed by atoms with Crippen LogP contribution < -0.4 is 9.64 Å². The number of anilines is 1. The molecule has 0 saturated carbocycles. The molecule has 2 aromatic rings. The van der Waals surface area contributed by atoms with Crippen LogP contribution in [0, 0.1) is 0 Å². The highest BCUT2D eigenvalue weighted by Gasteiger charge is 2.46. The maximum Gasteiger partial charge on any atom is 0.471 e. The lowest BCUT2D eigenvalue weighted by atomic mass is 9.92. The van der Waals surface area contributed by atoms with Gasteiger partial charge in [-0.25, -0.2) is 0 Å². The molecule has 0 spiro atoms. The highest BCUT2D eigenvalue weighted by molar-refractivity contribution is 6.05. The minimum Gasteiger partial charge on any atom is -0.493 e. The van der Waals surface area contributed by atoms with E-state index < -0.39 is 12.1 Å². The summed E-state index contributed by atoms with van der Waals surface area (Å²) in [6.07, 6.45) is -2.42. The molecule has 1 heterocycles. The van der Waals surface area contributed by atoms with Gasteiger partial charge in [0.05, 0.1) is 12.3 Å². The molecule has 6 heteroatoms. The molecule has 1 amide bonds. The fourth-order valence-electron chi connectivity index (χ4n) is 3.54. The van der Waals surface area contributed by atoms with E-state index >= 15 is 0 Å². The topological polar surface area (TPSA) is 29.5 Å². The molecule has 26 heavy (non-hydrogen) atoms. The van der Waals surface area contributed by atoms with Gasteiger partial charge in [0.1, 0.15) is 5.75 Å². The Morgan fingerprint density at radius 3 is 2.54 bits per heavy atom. The molecule has 3 nitrogen and oxygen atoms in total. The van der Waals surface area contributed by atoms with Crippen molar-refractivity contribution in [3.05, 3.63) is 35.9 Å². The van der Waals surface area contributed by atoms with E-state index in [1.807, 2.05) is 38.1 Å². The number of nitrogens with zero attached hydrogens (tertiary/aromatic N) is 1. The van der Waals surface area contributed by atoms with Crippen LogP contribution in [-0.4, -0.2) is 25.2 Å². The van der Waals surface area contributed by atoms with Gasteiger partial charge in [-0.05, 0) is 23.8 Å². The summed E-state index contributed by atoms with van der Waals surface area (Å²) >= 11 is 0. The van der Waals surface area contributed by atoms with E-state index in [0.29, 0.717) is 24.5 Å². The van der Waals surface area contributed by atoms with Crippen LogP contribution in [0.5, 0.6) is 5.75 Å². The molecule has 0 fully saturated rings. The largest absolute Gasteiger partial charge is 0.493 e. The second-order valence-corrected chi connectivity index (χ2v) is 6.57. The fourth-order valence-corrected chi connectivity index (χ4v) is 3.54. The summed E-state index contributed by atoms with van der Waals surface area (Å²) in [4.78, 5) is 12.8. The summed E-state index contributed by atoms with van der Waals surface area (Å²) in [5.74, 6) is -1.40. The molecule has 1 aliphatic heterocycles. The summed E-state index contributed by atoms with van der Waals surface area (Å²) in [5, 5.41) is 1.74. The highest BCUT2D eigenvalue weighted by atomic mass is 19.4. The Labute approximate surface area is 150 Å². The SMILES string of the molecule is CCCCOc1cc2c(c3ccccc13)[C@H](CC)CN2C(=O)C(F)(F)F. The lowest BCUT2D eigenvalue weighted by molar-refractivity contribution is -0.170. The van der Waals surface area contributed by atoms with Crippen molar-refractivity contribution in [3.8, 4) is 5.75 Å². The molecule has 0 radical (unpaired) electrons. The van der Waals surface area contributed by atoms with Crippen molar-refractivity contribution in [2.75, 3.05) is 18.1 Å². The molecule has 1 atom stereocenters. The van der Waals surface area contributed by atoms with Crippen LogP contribution in [-0.2, 0) is 4.79 Å². The Morgan fingerprint density at radius 2 is 1.92 bits per heavy atom. The van der Waals surface area contributed by atoms with E-state index in [1.54, 1.807) is 6.07 Å². The van der Waals surface area contributed by atoms with Crippen molar-refractivity contribution in [2.45, 2.75) is 45.2 Å². The number of fused-ring (bicyclic) bond motifs is 3. The highest BCUT2D eigenvalue weighted by Crippen LogP contribution is 2.47. The predicted octanol–water partition coefficient (Wildman–Crippen LogP) is 5.42. The van der Waals surface area contributed by atoms with Crippen LogP contribution in [0.4, 0.5) is 18.9 Å². The zero-order chi connectivity index (χ0) is 18.9. The molecule has 0 aliphatic carbocycles. The van der Waals surface area contributed by atoms with E-state index in [-0.39, 0.29) is 12.5 Å². The number of carbonyl (C=O) groups excluding carboxylic acids is 1. The molecule has 0 aromatic heterocycles. The number of amides is 1. The third-order valence-electron chi connectivity index (χ3n) is 4.86. The Bertz CT molecular complexity index is 817. The molecular formula is C20H22F3NO2. The summed E-state index contributed by atoms with van der Waals surface area (Å²) in [5.41, 5.74) is 1.13. The number of carbonyl (C=O) groups is 1. The van der Waals surface area contributed by atoms with Crippen molar-refractivity contribution in [3.63, 3.8) is 0 Å². The number of alkyl halides is 3. The molecular weight excluding hydrogens is 343 g/mol. The van der Waals surface area contributed by atoms with Gasteiger partial charge in [-0.3, -0.25) is 4.79 Å². The first-order chi connectivity index (χ1) is 12.4. The molecule has 2 aromatic carbocycles. The van der Waals surface area contributed by atoms with Crippen LogP contribution in [0.25, 0.3) is 10.8 Å². The first-order valence-electron chi connectivity index (χ1n) is 8.95. The van der Waals surface area contributed by atoms with Crippen LogP contribution >= 0.6 is 0 Å². The lowest BCUT2D eigenvalue weighted by Crippen LogP contribution is -2.40. The number of ether oxygens (including phenoxy) is 1. The minimum atomic E-state index is -4.89. The van der Waals surface area contributed by atoms with Crippen molar-refractivity contribution < 1.29 is 22.7 Å². The number of rotatable bonds is 5. The lowest BCUT2D eigenvalue weighted by Gasteiger charge is -2.20. The van der Waals surface area contributed by atoms with Gasteiger partial charge in [-0.15, -0.1) is 0 Å². The smallest absolute Gasteiger partial charge is 0.471 e.